The molecule has 0 aliphatic heterocycles. The van der Waals surface area contributed by atoms with Gasteiger partial charge in [-0.15, -0.1) is 0 Å². The van der Waals surface area contributed by atoms with Gasteiger partial charge in [0, 0.05) is 38.9 Å². The highest BCUT2D eigenvalue weighted by molar-refractivity contribution is 5.73. The van der Waals surface area contributed by atoms with Gasteiger partial charge in [0.2, 0.25) is 0 Å². The summed E-state index contributed by atoms with van der Waals surface area (Å²) >= 11 is 0. The van der Waals surface area contributed by atoms with E-state index in [1.54, 1.807) is 35.0 Å². The quantitative estimate of drug-likeness (QED) is 0.880. The Morgan fingerprint density at radius 1 is 1.29 bits per heavy atom. The number of halogens is 1. The van der Waals surface area contributed by atoms with Crippen molar-refractivity contribution in [1.29, 1.82) is 0 Å². The molecule has 130 valence electrons. The van der Waals surface area contributed by atoms with Gasteiger partial charge >= 0.3 is 6.03 Å². The molecule has 1 heterocycles. The van der Waals surface area contributed by atoms with Crippen LogP contribution in [0.2, 0.25) is 0 Å². The van der Waals surface area contributed by atoms with Crippen molar-refractivity contribution >= 4 is 6.03 Å². The molecule has 0 radical (unpaired) electrons. The number of amides is 2. The van der Waals surface area contributed by atoms with E-state index in [1.807, 2.05) is 32.2 Å². The summed E-state index contributed by atoms with van der Waals surface area (Å²) in [4.78, 5) is 15.9. The predicted octanol–water partition coefficient (Wildman–Crippen LogP) is 2.00. The molecule has 24 heavy (non-hydrogen) atoms. The Morgan fingerprint density at radius 2 is 1.96 bits per heavy atom. The maximum absolute atomic E-state index is 12.9. The molecular weight excluding hydrogens is 309 g/mol. The van der Waals surface area contributed by atoms with Gasteiger partial charge in [-0.25, -0.2) is 9.18 Å². The molecule has 1 aromatic carbocycles. The first kappa shape index (κ1) is 17.9. The van der Waals surface area contributed by atoms with E-state index in [2.05, 4.69) is 10.4 Å². The highest BCUT2D eigenvalue weighted by Crippen LogP contribution is 2.16. The van der Waals surface area contributed by atoms with E-state index >= 15 is 0 Å². The van der Waals surface area contributed by atoms with Crippen LogP contribution in [0, 0.1) is 5.82 Å². The van der Waals surface area contributed by atoms with E-state index in [4.69, 9.17) is 0 Å². The molecule has 0 fully saturated rings. The van der Waals surface area contributed by atoms with Crippen molar-refractivity contribution in [3.05, 3.63) is 53.6 Å². The highest BCUT2D eigenvalue weighted by Gasteiger charge is 2.18. The number of nitrogens with zero attached hydrogens (tertiary/aromatic N) is 4. The van der Waals surface area contributed by atoms with Gasteiger partial charge < -0.3 is 15.1 Å². The first-order valence-corrected chi connectivity index (χ1v) is 7.75. The zero-order valence-corrected chi connectivity index (χ0v) is 14.5. The molecule has 6 nitrogen and oxygen atoms in total. The van der Waals surface area contributed by atoms with E-state index < -0.39 is 0 Å². The van der Waals surface area contributed by atoms with Crippen LogP contribution in [-0.2, 0) is 13.6 Å². The number of urea groups is 1. The molecule has 2 rings (SSSR count). The van der Waals surface area contributed by atoms with Crippen LogP contribution in [0.3, 0.4) is 0 Å². The van der Waals surface area contributed by atoms with E-state index in [0.717, 1.165) is 11.1 Å². The molecule has 0 bridgehead atoms. The zero-order chi connectivity index (χ0) is 17.7. The number of aryl methyl sites for hydroxylation is 1. The molecule has 0 saturated carbocycles. The lowest BCUT2D eigenvalue weighted by Gasteiger charge is -2.25. The zero-order valence-electron chi connectivity index (χ0n) is 14.5. The molecule has 2 amide bonds. The molecule has 0 saturated heterocycles. The SMILES string of the molecule is CN(Cc1ccc(F)cc1)C(=O)NCC(c1cnn(C)c1)N(C)C. The Labute approximate surface area is 141 Å². The molecule has 7 heteroatoms. The second-order valence-electron chi connectivity index (χ2n) is 6.10. The van der Waals surface area contributed by atoms with Gasteiger partial charge in [0.25, 0.3) is 0 Å². The van der Waals surface area contributed by atoms with Crippen LogP contribution in [0.4, 0.5) is 9.18 Å². The number of aromatic nitrogens is 2. The standard InChI is InChI=1S/C17H24FN5O/c1-21(2)16(14-9-20-23(4)12-14)10-19-17(24)22(3)11-13-5-7-15(18)8-6-13/h5-9,12,16H,10-11H2,1-4H3,(H,19,24). The Balaban J connectivity index is 1.91. The third kappa shape index (κ3) is 4.79. The second-order valence-corrected chi connectivity index (χ2v) is 6.10. The lowest BCUT2D eigenvalue weighted by atomic mass is 10.1. The van der Waals surface area contributed by atoms with E-state index in [-0.39, 0.29) is 17.9 Å². The lowest BCUT2D eigenvalue weighted by molar-refractivity contribution is 0.200. The molecular formula is C17H24FN5O. The van der Waals surface area contributed by atoms with Crippen molar-refractivity contribution in [2.75, 3.05) is 27.7 Å². The number of hydrogen-bond acceptors (Lipinski definition) is 3. The van der Waals surface area contributed by atoms with E-state index in [9.17, 15) is 9.18 Å². The number of likely N-dealkylation sites (N-methyl/N-ethyl adjacent to an activating group) is 1. The summed E-state index contributed by atoms with van der Waals surface area (Å²) in [7, 11) is 7.51. The number of hydrogen-bond donors (Lipinski definition) is 1. The Bertz CT molecular complexity index is 668. The largest absolute Gasteiger partial charge is 0.336 e. The fourth-order valence-corrected chi connectivity index (χ4v) is 2.47. The fraction of sp³-hybridized carbons (Fsp3) is 0.412. The normalized spacial score (nSPS) is 12.2. The van der Waals surface area contributed by atoms with Crippen molar-refractivity contribution in [2.24, 2.45) is 7.05 Å². The first-order chi connectivity index (χ1) is 11.4. The average Bonchev–Trinajstić information content (AvgIpc) is 2.95. The third-order valence-electron chi connectivity index (χ3n) is 3.86. The average molecular weight is 333 g/mol. The highest BCUT2D eigenvalue weighted by atomic mass is 19.1. The van der Waals surface area contributed by atoms with Gasteiger partial charge in [-0.2, -0.15) is 5.10 Å². The van der Waals surface area contributed by atoms with Gasteiger partial charge in [-0.05, 0) is 31.8 Å². The monoisotopic (exact) mass is 333 g/mol. The molecule has 0 aliphatic rings. The Kier molecular flexibility index (Phi) is 5.92. The molecule has 0 aliphatic carbocycles. The van der Waals surface area contributed by atoms with Crippen LogP contribution in [0.15, 0.2) is 36.7 Å². The molecule has 2 aromatic rings. The first-order valence-electron chi connectivity index (χ1n) is 7.75. The number of benzene rings is 1. The van der Waals surface area contributed by atoms with E-state index in [0.29, 0.717) is 13.1 Å². The summed E-state index contributed by atoms with van der Waals surface area (Å²) in [5, 5.41) is 7.12. The van der Waals surface area contributed by atoms with Gasteiger partial charge in [-0.1, -0.05) is 12.1 Å². The molecule has 1 unspecified atom stereocenters. The smallest absolute Gasteiger partial charge is 0.317 e. The summed E-state index contributed by atoms with van der Waals surface area (Å²) in [5.41, 5.74) is 1.93. The van der Waals surface area contributed by atoms with Crippen molar-refractivity contribution in [3.63, 3.8) is 0 Å². The van der Waals surface area contributed by atoms with Crippen LogP contribution in [0.5, 0.6) is 0 Å². The van der Waals surface area contributed by atoms with Crippen molar-refractivity contribution < 1.29 is 9.18 Å². The molecule has 1 aromatic heterocycles. The van der Waals surface area contributed by atoms with Crippen LogP contribution in [-0.4, -0.2) is 53.3 Å². The van der Waals surface area contributed by atoms with Gasteiger partial charge in [0.05, 0.1) is 12.2 Å². The third-order valence-corrected chi connectivity index (χ3v) is 3.86. The van der Waals surface area contributed by atoms with Crippen LogP contribution < -0.4 is 5.32 Å². The Hall–Kier alpha value is -2.41. The maximum atomic E-state index is 12.9. The number of carbonyl (C=O) groups is 1. The minimum Gasteiger partial charge on any atom is -0.336 e. The summed E-state index contributed by atoms with van der Waals surface area (Å²) in [6.45, 7) is 0.900. The van der Waals surface area contributed by atoms with Gasteiger partial charge in [0.1, 0.15) is 5.82 Å². The van der Waals surface area contributed by atoms with Crippen LogP contribution in [0.25, 0.3) is 0 Å². The Morgan fingerprint density at radius 3 is 2.50 bits per heavy atom. The summed E-state index contributed by atoms with van der Waals surface area (Å²) in [6, 6.07) is 6.02. The molecule has 0 spiro atoms. The number of carbonyl (C=O) groups excluding carboxylic acids is 1. The molecule has 1 atom stereocenters. The van der Waals surface area contributed by atoms with Crippen molar-refractivity contribution in [2.45, 2.75) is 12.6 Å². The fourth-order valence-electron chi connectivity index (χ4n) is 2.47. The minimum absolute atomic E-state index is 0.0434. The predicted molar refractivity (Wildman–Crippen MR) is 90.9 cm³/mol. The van der Waals surface area contributed by atoms with Crippen molar-refractivity contribution in [3.8, 4) is 0 Å². The van der Waals surface area contributed by atoms with Crippen LogP contribution in [0.1, 0.15) is 17.2 Å². The summed E-state index contributed by atoms with van der Waals surface area (Å²) in [5.74, 6) is -0.281. The summed E-state index contributed by atoms with van der Waals surface area (Å²) in [6.07, 6.45) is 3.75. The van der Waals surface area contributed by atoms with Gasteiger partial charge in [-0.3, -0.25) is 4.68 Å². The summed E-state index contributed by atoms with van der Waals surface area (Å²) < 4.78 is 14.7. The molecule has 1 N–H and O–H groups in total. The van der Waals surface area contributed by atoms with E-state index in [1.165, 1.54) is 12.1 Å². The van der Waals surface area contributed by atoms with Gasteiger partial charge in [0.15, 0.2) is 0 Å². The minimum atomic E-state index is -0.281. The lowest BCUT2D eigenvalue weighted by Crippen LogP contribution is -2.41. The second kappa shape index (κ2) is 7.92. The number of nitrogens with one attached hydrogen (secondary N) is 1. The topological polar surface area (TPSA) is 53.4 Å². The maximum Gasteiger partial charge on any atom is 0.317 e. The van der Waals surface area contributed by atoms with Crippen LogP contribution >= 0.6 is 0 Å². The van der Waals surface area contributed by atoms with Crippen molar-refractivity contribution in [1.82, 2.24) is 24.9 Å². The number of rotatable bonds is 6.